The average Bonchev–Trinajstić information content (AvgIpc) is 3.14. The van der Waals surface area contributed by atoms with Crippen molar-refractivity contribution in [1.29, 1.82) is 0 Å². The molecule has 17 heteroatoms. The van der Waals surface area contributed by atoms with Crippen LogP contribution in [-0.2, 0) is 9.53 Å². The molecule has 1 aromatic heterocycles. The van der Waals surface area contributed by atoms with Crippen molar-refractivity contribution < 1.29 is 38.1 Å². The van der Waals surface area contributed by atoms with E-state index in [2.05, 4.69) is 15.4 Å². The number of rotatable bonds is 10. The Labute approximate surface area is 303 Å². The van der Waals surface area contributed by atoms with E-state index in [4.69, 9.17) is 26.1 Å². The Bertz CT molecular complexity index is 2000. The van der Waals surface area contributed by atoms with Crippen LogP contribution in [0.5, 0.6) is 11.5 Å². The number of carbonyl (C=O) groups excluding carboxylic acids is 3. The number of alkyl carbamates (subject to hydrolysis) is 1. The minimum absolute atomic E-state index is 0.116. The van der Waals surface area contributed by atoms with E-state index < -0.39 is 47.6 Å². The van der Waals surface area contributed by atoms with E-state index in [9.17, 15) is 28.7 Å². The van der Waals surface area contributed by atoms with Crippen LogP contribution in [0.3, 0.4) is 0 Å². The molecule has 1 aliphatic rings. The summed E-state index contributed by atoms with van der Waals surface area (Å²) in [6, 6.07) is 12.0. The molecule has 1 saturated heterocycles. The summed E-state index contributed by atoms with van der Waals surface area (Å²) in [7, 11) is 4.08. The molecule has 0 radical (unpaired) electrons. The van der Waals surface area contributed by atoms with Crippen LogP contribution in [0, 0.1) is 5.82 Å². The molecule has 1 fully saturated rings. The van der Waals surface area contributed by atoms with Gasteiger partial charge in [-0.2, -0.15) is 0 Å². The van der Waals surface area contributed by atoms with Gasteiger partial charge in [-0.05, 0) is 68.4 Å². The van der Waals surface area contributed by atoms with Crippen LogP contribution < -0.4 is 35.6 Å². The smallest absolute Gasteiger partial charge is 0.407 e. The SMILES string of the molecule is COC(=O)N[C@H](C(=O)N1CCN(n2c([C@H](C)N(C(=O)Nc3ccc(F)cc3)c3ccc(OC)cc3OC)nc3cc(Cl)ccc3c2=O)CC1)[C@H](C)O. The van der Waals surface area contributed by atoms with Gasteiger partial charge in [0.05, 0.1) is 63.2 Å². The predicted molar refractivity (Wildman–Crippen MR) is 192 cm³/mol. The number of hydrogen-bond donors (Lipinski definition) is 3. The normalized spacial score (nSPS) is 14.6. The Morgan fingerprint density at radius 2 is 1.65 bits per heavy atom. The first kappa shape index (κ1) is 37.6. The number of amides is 4. The van der Waals surface area contributed by atoms with Crippen LogP contribution in [0.4, 0.5) is 25.4 Å². The Hall–Kier alpha value is -5.61. The maximum Gasteiger partial charge on any atom is 0.407 e. The summed E-state index contributed by atoms with van der Waals surface area (Å²) in [5, 5.41) is 17.7. The van der Waals surface area contributed by atoms with E-state index in [0.717, 1.165) is 7.11 Å². The number of piperazine rings is 1. The Morgan fingerprint density at radius 1 is 0.962 bits per heavy atom. The minimum atomic E-state index is -1.25. The molecule has 5 rings (SSSR count). The van der Waals surface area contributed by atoms with E-state index in [1.807, 2.05) is 0 Å². The lowest BCUT2D eigenvalue weighted by atomic mass is 10.1. The fourth-order valence-electron chi connectivity index (χ4n) is 5.91. The Kier molecular flexibility index (Phi) is 11.7. The minimum Gasteiger partial charge on any atom is -0.497 e. The maximum absolute atomic E-state index is 14.4. The van der Waals surface area contributed by atoms with Crippen molar-refractivity contribution in [3.05, 3.63) is 87.7 Å². The molecule has 2 heterocycles. The zero-order chi connectivity index (χ0) is 37.7. The summed E-state index contributed by atoms with van der Waals surface area (Å²) in [6.07, 6.45) is -2.08. The number of nitrogens with one attached hydrogen (secondary N) is 2. The van der Waals surface area contributed by atoms with Crippen molar-refractivity contribution in [1.82, 2.24) is 19.9 Å². The third kappa shape index (κ3) is 7.97. The lowest BCUT2D eigenvalue weighted by Gasteiger charge is -2.40. The molecule has 3 aromatic carbocycles. The molecule has 4 aromatic rings. The fraction of sp³-hybridized carbons (Fsp3) is 0.343. The van der Waals surface area contributed by atoms with Gasteiger partial charge in [-0.15, -0.1) is 0 Å². The van der Waals surface area contributed by atoms with Gasteiger partial charge in [0, 0.05) is 29.9 Å². The number of ether oxygens (including phenoxy) is 3. The van der Waals surface area contributed by atoms with E-state index in [-0.39, 0.29) is 43.1 Å². The molecule has 0 saturated carbocycles. The van der Waals surface area contributed by atoms with Gasteiger partial charge in [0.15, 0.2) is 5.82 Å². The summed E-state index contributed by atoms with van der Waals surface area (Å²) in [5.74, 6) is -0.109. The number of aromatic nitrogens is 2. The molecule has 1 aliphatic heterocycles. The molecule has 4 amide bonds. The number of urea groups is 1. The first-order valence-electron chi connectivity index (χ1n) is 16.2. The zero-order valence-corrected chi connectivity index (χ0v) is 29.9. The van der Waals surface area contributed by atoms with E-state index >= 15 is 0 Å². The standard InChI is InChI=1S/C35H39ClFN7O8/c1-20(43(28-13-11-25(50-3)19-29(28)51-4)34(48)38-24-9-7-23(37)8-10-24)31-39-27-18-22(36)6-12-26(27)32(46)44(31)42-16-14-41(15-17-42)33(47)30(21(2)45)40-35(49)52-5/h6-13,18-21,30,45H,14-17H2,1-5H3,(H,38,48)(H,40,49)/t20-,21-,30-/m0/s1. The average molecular weight is 740 g/mol. The third-order valence-electron chi connectivity index (χ3n) is 8.61. The van der Waals surface area contributed by atoms with Gasteiger partial charge in [0.1, 0.15) is 23.4 Å². The van der Waals surface area contributed by atoms with Crippen molar-refractivity contribution in [2.24, 2.45) is 0 Å². The van der Waals surface area contributed by atoms with Gasteiger partial charge < -0.3 is 39.9 Å². The Balaban J connectivity index is 1.58. The molecule has 0 spiro atoms. The van der Waals surface area contributed by atoms with Gasteiger partial charge >= 0.3 is 12.1 Å². The predicted octanol–water partition coefficient (Wildman–Crippen LogP) is 3.89. The van der Waals surface area contributed by atoms with E-state index in [1.54, 1.807) is 48.3 Å². The van der Waals surface area contributed by atoms with Crippen LogP contribution in [0.2, 0.25) is 5.02 Å². The fourth-order valence-corrected chi connectivity index (χ4v) is 6.07. The van der Waals surface area contributed by atoms with Gasteiger partial charge in [-0.25, -0.2) is 23.6 Å². The number of methoxy groups -OCH3 is 3. The number of hydrogen-bond acceptors (Lipinski definition) is 10. The zero-order valence-electron chi connectivity index (χ0n) is 29.1. The number of anilines is 2. The highest BCUT2D eigenvalue weighted by molar-refractivity contribution is 6.31. The van der Waals surface area contributed by atoms with Gasteiger partial charge in [0.25, 0.3) is 5.56 Å². The van der Waals surface area contributed by atoms with Gasteiger partial charge in [-0.1, -0.05) is 11.6 Å². The highest BCUT2D eigenvalue weighted by Crippen LogP contribution is 2.37. The summed E-state index contributed by atoms with van der Waals surface area (Å²) >= 11 is 6.33. The molecule has 276 valence electrons. The second-order valence-electron chi connectivity index (χ2n) is 11.9. The lowest BCUT2D eigenvalue weighted by molar-refractivity contribution is -0.136. The molecule has 0 bridgehead atoms. The molecule has 52 heavy (non-hydrogen) atoms. The van der Waals surface area contributed by atoms with Crippen molar-refractivity contribution in [3.8, 4) is 11.5 Å². The van der Waals surface area contributed by atoms with Crippen LogP contribution >= 0.6 is 11.6 Å². The topological polar surface area (TPSA) is 168 Å². The number of fused-ring (bicyclic) bond motifs is 1. The van der Waals surface area contributed by atoms with Crippen molar-refractivity contribution in [2.75, 3.05) is 62.7 Å². The molecular formula is C35H39ClFN7O8. The first-order chi connectivity index (χ1) is 24.9. The number of aliphatic hydroxyl groups excluding tert-OH is 1. The largest absolute Gasteiger partial charge is 0.497 e. The second kappa shape index (κ2) is 16.2. The van der Waals surface area contributed by atoms with Crippen LogP contribution in [0.25, 0.3) is 10.9 Å². The monoisotopic (exact) mass is 739 g/mol. The van der Waals surface area contributed by atoms with E-state index in [1.165, 1.54) is 59.9 Å². The molecule has 3 N–H and O–H groups in total. The third-order valence-corrected chi connectivity index (χ3v) is 8.85. The quantitative estimate of drug-likeness (QED) is 0.217. The van der Waals surface area contributed by atoms with Crippen molar-refractivity contribution >= 4 is 51.9 Å². The highest BCUT2D eigenvalue weighted by atomic mass is 35.5. The molecule has 0 aliphatic carbocycles. The van der Waals surface area contributed by atoms with E-state index in [0.29, 0.717) is 27.7 Å². The lowest BCUT2D eigenvalue weighted by Crippen LogP contribution is -2.61. The number of nitrogens with zero attached hydrogens (tertiary/aromatic N) is 5. The molecule has 15 nitrogen and oxygen atoms in total. The van der Waals surface area contributed by atoms with Gasteiger partial charge in [0.2, 0.25) is 5.91 Å². The van der Waals surface area contributed by atoms with Crippen LogP contribution in [0.15, 0.2) is 65.5 Å². The maximum atomic E-state index is 14.4. The molecular weight excluding hydrogens is 701 g/mol. The summed E-state index contributed by atoms with van der Waals surface area (Å²) < 4.78 is 30.8. The Morgan fingerprint density at radius 3 is 2.27 bits per heavy atom. The van der Waals surface area contributed by atoms with Crippen molar-refractivity contribution in [2.45, 2.75) is 32.0 Å². The molecule has 3 atom stereocenters. The summed E-state index contributed by atoms with van der Waals surface area (Å²) in [6.45, 7) is 3.59. The highest BCUT2D eigenvalue weighted by Gasteiger charge is 2.35. The summed E-state index contributed by atoms with van der Waals surface area (Å²) in [5.41, 5.74) is 0.460. The number of aliphatic hydroxyl groups is 1. The first-order valence-corrected chi connectivity index (χ1v) is 16.6. The van der Waals surface area contributed by atoms with Gasteiger partial charge in [-0.3, -0.25) is 14.5 Å². The van der Waals surface area contributed by atoms with Crippen molar-refractivity contribution in [3.63, 3.8) is 0 Å². The molecule has 0 unspecified atom stereocenters. The number of halogens is 2. The number of carbonyl (C=O) groups is 3. The second-order valence-corrected chi connectivity index (χ2v) is 12.3. The van der Waals surface area contributed by atoms with Crippen LogP contribution in [0.1, 0.15) is 25.7 Å². The van der Waals surface area contributed by atoms with Crippen LogP contribution in [-0.4, -0.2) is 97.4 Å². The summed E-state index contributed by atoms with van der Waals surface area (Å²) in [4.78, 5) is 61.6. The number of benzene rings is 3.